The second-order valence-corrected chi connectivity index (χ2v) is 0.563. The van der Waals surface area contributed by atoms with Crippen molar-refractivity contribution in [2.45, 2.75) is 6.42 Å². The highest BCUT2D eigenvalue weighted by atomic mass is 19.1. The fourth-order valence-electron chi connectivity index (χ4n) is 0.0445. The lowest BCUT2D eigenvalue weighted by molar-refractivity contribution is 0.609. The highest BCUT2D eigenvalue weighted by Gasteiger charge is 1.67. The molecule has 0 heterocycles. The molecule has 0 aliphatic rings. The van der Waals surface area contributed by atoms with Crippen LogP contribution in [-0.4, -0.2) is 0 Å². The Balaban J connectivity index is 2.48. The smallest absolute Gasteiger partial charge is 0.143 e. The lowest BCUT2D eigenvalue weighted by atomic mass is 10.5. The van der Waals surface area contributed by atoms with Gasteiger partial charge in [0.1, 0.15) is 6.67 Å². The van der Waals surface area contributed by atoms with Gasteiger partial charge in [-0.05, 0) is 0 Å². The Bertz CT molecular complexity index is 42.1. The van der Waals surface area contributed by atoms with Crippen LogP contribution in [-0.2, 0) is 0 Å². The maximum atomic E-state index is 10.7. The summed E-state index contributed by atoms with van der Waals surface area (Å²) in [5.41, 5.74) is 0. The maximum Gasteiger partial charge on any atom is 0.143 e. The molecule has 0 bridgehead atoms. The predicted octanol–water partition coefficient (Wildman–Crippen LogP) is 1.14. The van der Waals surface area contributed by atoms with Gasteiger partial charge in [-0.3, -0.25) is 0 Å². The van der Waals surface area contributed by atoms with E-state index in [2.05, 4.69) is 12.3 Å². The van der Waals surface area contributed by atoms with Crippen molar-refractivity contribution < 1.29 is 4.39 Å². The zero-order chi connectivity index (χ0) is 4.12. The van der Waals surface area contributed by atoms with Crippen LogP contribution in [0.1, 0.15) is 6.42 Å². The molecular weight excluding hydrogens is 67.0 g/mol. The van der Waals surface area contributed by atoms with E-state index in [1.165, 1.54) is 0 Å². The van der Waals surface area contributed by atoms with Crippen LogP contribution in [0.5, 0.6) is 0 Å². The van der Waals surface area contributed by atoms with Gasteiger partial charge in [0.2, 0.25) is 0 Å². The van der Waals surface area contributed by atoms with Crippen molar-refractivity contribution in [3.05, 3.63) is 6.67 Å². The summed E-state index contributed by atoms with van der Waals surface area (Å²) in [6.07, 6.45) is 4.74. The molecule has 0 rings (SSSR count). The van der Waals surface area contributed by atoms with Gasteiger partial charge in [0.05, 0.1) is 0 Å². The van der Waals surface area contributed by atoms with Crippen LogP contribution >= 0.6 is 0 Å². The fourth-order valence-corrected chi connectivity index (χ4v) is 0.0445. The van der Waals surface area contributed by atoms with Crippen molar-refractivity contribution in [1.29, 1.82) is 0 Å². The summed E-state index contributed by atoms with van der Waals surface area (Å²) in [6, 6.07) is 0. The van der Waals surface area contributed by atoms with Gasteiger partial charge in [-0.15, -0.1) is 12.3 Å². The monoisotopic (exact) mass is 71.0 g/mol. The first kappa shape index (κ1) is 4.49. The molecule has 27 valence electrons. The summed E-state index contributed by atoms with van der Waals surface area (Å²) < 4.78 is 10.7. The largest absolute Gasteiger partial charge is 0.243 e. The summed E-state index contributed by atoms with van der Waals surface area (Å²) in [5.74, 6) is 2.09. The van der Waals surface area contributed by atoms with E-state index >= 15 is 0 Å². The van der Waals surface area contributed by atoms with E-state index in [0.717, 1.165) is 0 Å². The van der Waals surface area contributed by atoms with Crippen LogP contribution in [0.15, 0.2) is 0 Å². The lowest BCUT2D eigenvalue weighted by Crippen LogP contribution is -1.53. The minimum atomic E-state index is 0.125. The van der Waals surface area contributed by atoms with Gasteiger partial charge in [-0.2, -0.15) is 0 Å². The van der Waals surface area contributed by atoms with Crippen molar-refractivity contribution in [2.75, 3.05) is 0 Å². The Morgan fingerprint density at radius 3 is 2.60 bits per heavy atom. The Hall–Kier alpha value is -0.510. The van der Waals surface area contributed by atoms with Gasteiger partial charge in [0, 0.05) is 6.42 Å². The van der Waals surface area contributed by atoms with Crippen LogP contribution in [0.25, 0.3) is 0 Å². The number of hydrogen-bond acceptors (Lipinski definition) is 0. The molecule has 0 unspecified atom stereocenters. The quantitative estimate of drug-likeness (QED) is 0.407. The van der Waals surface area contributed by atoms with Crippen LogP contribution in [0.3, 0.4) is 0 Å². The van der Waals surface area contributed by atoms with E-state index in [9.17, 15) is 4.39 Å². The summed E-state index contributed by atoms with van der Waals surface area (Å²) in [5, 5.41) is 0. The van der Waals surface area contributed by atoms with E-state index in [-0.39, 0.29) is 6.42 Å². The molecule has 0 aliphatic heterocycles. The Labute approximate surface area is 31.0 Å². The standard InChI is InChI=1S/C4H4F/c1-2-3-4-5/h1,4H,3H2. The van der Waals surface area contributed by atoms with E-state index in [1.54, 1.807) is 0 Å². The molecule has 0 aromatic rings. The number of hydrogen-bond donors (Lipinski definition) is 0. The van der Waals surface area contributed by atoms with Crippen molar-refractivity contribution in [3.63, 3.8) is 0 Å². The lowest BCUT2D eigenvalue weighted by Gasteiger charge is -1.64. The average molecular weight is 71.1 g/mol. The molecular formula is C4H4F. The molecule has 1 heteroatoms. The average Bonchev–Trinajstić information content (AvgIpc) is 1.41. The molecule has 0 aromatic heterocycles. The Kier molecular flexibility index (Phi) is 3.13. The summed E-state index contributed by atoms with van der Waals surface area (Å²) in [6.45, 7) is 0.444. The van der Waals surface area contributed by atoms with Gasteiger partial charge in [0.15, 0.2) is 0 Å². The van der Waals surface area contributed by atoms with Crippen molar-refractivity contribution >= 4 is 0 Å². The molecule has 0 saturated carbocycles. The third-order valence-corrected chi connectivity index (χ3v) is 0.195. The summed E-state index contributed by atoms with van der Waals surface area (Å²) in [7, 11) is 0. The highest BCUT2D eigenvalue weighted by molar-refractivity contribution is 4.86. The molecule has 0 fully saturated rings. The first-order valence-electron chi connectivity index (χ1n) is 1.27. The zero-order valence-corrected chi connectivity index (χ0v) is 2.74. The third kappa shape index (κ3) is 3.49. The van der Waals surface area contributed by atoms with Gasteiger partial charge in [0.25, 0.3) is 0 Å². The number of halogens is 1. The summed E-state index contributed by atoms with van der Waals surface area (Å²) >= 11 is 0. The molecule has 5 heavy (non-hydrogen) atoms. The van der Waals surface area contributed by atoms with Gasteiger partial charge in [-0.1, -0.05) is 0 Å². The fraction of sp³-hybridized carbons (Fsp3) is 0.250. The van der Waals surface area contributed by atoms with Gasteiger partial charge >= 0.3 is 0 Å². The molecule has 0 aliphatic carbocycles. The van der Waals surface area contributed by atoms with Crippen LogP contribution in [0, 0.1) is 19.0 Å². The minimum Gasteiger partial charge on any atom is -0.243 e. The molecule has 0 aromatic carbocycles. The minimum absolute atomic E-state index is 0.125. The molecule has 0 amide bonds. The maximum absolute atomic E-state index is 10.7. The Morgan fingerprint density at radius 1 is 2.00 bits per heavy atom. The van der Waals surface area contributed by atoms with Gasteiger partial charge in [-0.25, -0.2) is 4.39 Å². The normalized spacial score (nSPS) is 6.40. The topological polar surface area (TPSA) is 0 Å². The number of terminal acetylenes is 1. The highest BCUT2D eigenvalue weighted by Crippen LogP contribution is 1.79. The van der Waals surface area contributed by atoms with Crippen LogP contribution < -0.4 is 0 Å². The predicted molar refractivity (Wildman–Crippen MR) is 18.9 cm³/mol. The molecule has 0 atom stereocenters. The van der Waals surface area contributed by atoms with Crippen molar-refractivity contribution in [1.82, 2.24) is 0 Å². The molecule has 0 N–H and O–H groups in total. The van der Waals surface area contributed by atoms with E-state index in [1.807, 2.05) is 0 Å². The van der Waals surface area contributed by atoms with Crippen LogP contribution in [0.4, 0.5) is 4.39 Å². The zero-order valence-electron chi connectivity index (χ0n) is 2.74. The van der Waals surface area contributed by atoms with E-state index in [4.69, 9.17) is 0 Å². The SMILES string of the molecule is C#CC[CH]F. The van der Waals surface area contributed by atoms with Crippen LogP contribution in [0.2, 0.25) is 0 Å². The van der Waals surface area contributed by atoms with E-state index in [0.29, 0.717) is 6.67 Å². The summed E-state index contributed by atoms with van der Waals surface area (Å²) in [4.78, 5) is 0. The first-order valence-corrected chi connectivity index (χ1v) is 1.27. The van der Waals surface area contributed by atoms with E-state index < -0.39 is 0 Å². The molecule has 0 spiro atoms. The number of rotatable bonds is 1. The van der Waals surface area contributed by atoms with Crippen molar-refractivity contribution in [3.8, 4) is 12.3 Å². The molecule has 0 nitrogen and oxygen atoms in total. The van der Waals surface area contributed by atoms with Gasteiger partial charge < -0.3 is 0 Å². The molecule has 0 saturated heterocycles. The van der Waals surface area contributed by atoms with Crippen molar-refractivity contribution in [2.24, 2.45) is 0 Å². The third-order valence-electron chi connectivity index (χ3n) is 0.195. The second-order valence-electron chi connectivity index (χ2n) is 0.563. The first-order chi connectivity index (χ1) is 2.41. The second kappa shape index (κ2) is 3.49. The molecule has 1 radical (unpaired) electrons. The Morgan fingerprint density at radius 2 is 2.60 bits per heavy atom.